The lowest BCUT2D eigenvalue weighted by molar-refractivity contribution is -0.388. The first-order chi connectivity index (χ1) is 7.11. The minimum absolute atomic E-state index is 0.0455. The standard InChI is InChI=1S/C8H14N4O3/c1-3-11(4-5-13)8-7(12(14)15)9-6-10(8)2/h6,13H,3-5H2,1-2H3. The molecule has 1 heterocycles. The predicted molar refractivity (Wildman–Crippen MR) is 54.8 cm³/mol. The first-order valence-electron chi connectivity index (χ1n) is 4.63. The number of imidazole rings is 1. The summed E-state index contributed by atoms with van der Waals surface area (Å²) in [6.45, 7) is 2.76. The average molecular weight is 214 g/mol. The molecule has 0 aliphatic heterocycles. The van der Waals surface area contributed by atoms with Crippen molar-refractivity contribution in [2.24, 2.45) is 7.05 Å². The van der Waals surface area contributed by atoms with Crippen LogP contribution in [-0.2, 0) is 7.05 Å². The lowest BCUT2D eigenvalue weighted by atomic mass is 10.4. The van der Waals surface area contributed by atoms with Gasteiger partial charge in [-0.1, -0.05) is 0 Å². The highest BCUT2D eigenvalue weighted by atomic mass is 16.6. The molecule has 1 rings (SSSR count). The van der Waals surface area contributed by atoms with Gasteiger partial charge in [-0.05, 0) is 16.8 Å². The quantitative estimate of drug-likeness (QED) is 0.557. The molecule has 0 saturated carbocycles. The number of aromatic nitrogens is 2. The highest BCUT2D eigenvalue weighted by Crippen LogP contribution is 2.25. The van der Waals surface area contributed by atoms with Gasteiger partial charge in [0.05, 0.1) is 6.61 Å². The number of aliphatic hydroxyl groups is 1. The second-order valence-electron chi connectivity index (χ2n) is 3.06. The monoisotopic (exact) mass is 214 g/mol. The maximum absolute atomic E-state index is 10.7. The molecule has 0 radical (unpaired) electrons. The van der Waals surface area contributed by atoms with Crippen LogP contribution in [-0.4, -0.2) is 39.3 Å². The van der Waals surface area contributed by atoms with E-state index in [1.165, 1.54) is 6.33 Å². The highest BCUT2D eigenvalue weighted by Gasteiger charge is 2.24. The third kappa shape index (κ3) is 2.24. The zero-order chi connectivity index (χ0) is 11.4. The molecule has 1 N–H and O–H groups in total. The summed E-state index contributed by atoms with van der Waals surface area (Å²) in [6.07, 6.45) is 1.40. The molecule has 0 aliphatic rings. The molecule has 84 valence electrons. The third-order valence-corrected chi connectivity index (χ3v) is 2.11. The van der Waals surface area contributed by atoms with Crippen molar-refractivity contribution in [1.29, 1.82) is 0 Å². The van der Waals surface area contributed by atoms with E-state index in [0.29, 0.717) is 18.9 Å². The summed E-state index contributed by atoms with van der Waals surface area (Å²) in [5.74, 6) is 0.254. The van der Waals surface area contributed by atoms with Gasteiger partial charge in [0.25, 0.3) is 0 Å². The van der Waals surface area contributed by atoms with E-state index >= 15 is 0 Å². The van der Waals surface area contributed by atoms with Gasteiger partial charge in [-0.2, -0.15) is 0 Å². The van der Waals surface area contributed by atoms with Crippen molar-refractivity contribution >= 4 is 11.6 Å². The minimum atomic E-state index is -0.518. The Balaban J connectivity index is 3.08. The van der Waals surface area contributed by atoms with E-state index in [4.69, 9.17) is 5.11 Å². The summed E-state index contributed by atoms with van der Waals surface area (Å²) >= 11 is 0. The van der Waals surface area contributed by atoms with Crippen molar-refractivity contribution in [3.8, 4) is 0 Å². The van der Waals surface area contributed by atoms with Gasteiger partial charge in [0.1, 0.15) is 0 Å². The fourth-order valence-corrected chi connectivity index (χ4v) is 1.44. The number of hydrogen-bond donors (Lipinski definition) is 1. The topological polar surface area (TPSA) is 84.4 Å². The molecule has 0 aliphatic carbocycles. The van der Waals surface area contributed by atoms with Crippen LogP contribution in [0, 0.1) is 10.1 Å². The second kappa shape index (κ2) is 4.74. The van der Waals surface area contributed by atoms with Gasteiger partial charge in [-0.15, -0.1) is 0 Å². The molecule has 0 amide bonds. The molecule has 7 heteroatoms. The summed E-state index contributed by atoms with van der Waals surface area (Å²) in [7, 11) is 1.69. The summed E-state index contributed by atoms with van der Waals surface area (Å²) in [5, 5.41) is 19.5. The molecule has 0 saturated heterocycles. The Morgan fingerprint density at radius 1 is 1.73 bits per heavy atom. The molecule has 0 aromatic carbocycles. The van der Waals surface area contributed by atoms with Crippen molar-refractivity contribution < 1.29 is 10.0 Å². The molecule has 0 unspecified atom stereocenters. The molecule has 1 aromatic rings. The maximum atomic E-state index is 10.7. The number of rotatable bonds is 5. The average Bonchev–Trinajstić information content (AvgIpc) is 2.57. The van der Waals surface area contributed by atoms with E-state index in [9.17, 15) is 10.1 Å². The van der Waals surface area contributed by atoms with Crippen LogP contribution in [0.3, 0.4) is 0 Å². The third-order valence-electron chi connectivity index (χ3n) is 2.11. The van der Waals surface area contributed by atoms with Crippen LogP contribution in [0.15, 0.2) is 6.33 Å². The molecule has 0 atom stereocenters. The molecular formula is C8H14N4O3. The molecular weight excluding hydrogens is 200 g/mol. The van der Waals surface area contributed by atoms with Gasteiger partial charge in [0.2, 0.25) is 12.1 Å². The van der Waals surface area contributed by atoms with Crippen molar-refractivity contribution in [2.75, 3.05) is 24.6 Å². The Bertz CT molecular complexity index is 350. The Hall–Kier alpha value is -1.63. The van der Waals surface area contributed by atoms with Crippen LogP contribution in [0.25, 0.3) is 0 Å². The van der Waals surface area contributed by atoms with Crippen LogP contribution in [0.5, 0.6) is 0 Å². The van der Waals surface area contributed by atoms with Crippen LogP contribution in [0.4, 0.5) is 11.6 Å². The summed E-state index contributed by atoms with van der Waals surface area (Å²) < 4.78 is 1.58. The normalized spacial score (nSPS) is 10.3. The zero-order valence-electron chi connectivity index (χ0n) is 8.75. The maximum Gasteiger partial charge on any atom is 0.406 e. The number of hydrogen-bond acceptors (Lipinski definition) is 5. The Kier molecular flexibility index (Phi) is 3.62. The predicted octanol–water partition coefficient (Wildman–Crippen LogP) is 0.147. The van der Waals surface area contributed by atoms with E-state index in [1.807, 2.05) is 6.92 Å². The van der Waals surface area contributed by atoms with Crippen LogP contribution < -0.4 is 4.90 Å². The second-order valence-corrected chi connectivity index (χ2v) is 3.06. The Morgan fingerprint density at radius 3 is 2.87 bits per heavy atom. The number of likely N-dealkylation sites (N-methyl/N-ethyl adjacent to an activating group) is 1. The van der Waals surface area contributed by atoms with Gasteiger partial charge in [0.15, 0.2) is 0 Å². The summed E-state index contributed by atoms with van der Waals surface area (Å²) in [4.78, 5) is 15.6. The van der Waals surface area contributed by atoms with Gasteiger partial charge in [0, 0.05) is 20.1 Å². The number of anilines is 1. The van der Waals surface area contributed by atoms with Gasteiger partial charge in [-0.25, -0.2) is 0 Å². The first kappa shape index (κ1) is 11.4. The van der Waals surface area contributed by atoms with Crippen LogP contribution in [0.2, 0.25) is 0 Å². The van der Waals surface area contributed by atoms with E-state index in [0.717, 1.165) is 0 Å². The van der Waals surface area contributed by atoms with E-state index in [1.54, 1.807) is 16.5 Å². The number of nitro groups is 1. The fourth-order valence-electron chi connectivity index (χ4n) is 1.44. The number of aryl methyl sites for hydroxylation is 1. The lowest BCUT2D eigenvalue weighted by Crippen LogP contribution is -2.28. The Morgan fingerprint density at radius 2 is 2.40 bits per heavy atom. The largest absolute Gasteiger partial charge is 0.406 e. The Labute approximate surface area is 87.1 Å². The van der Waals surface area contributed by atoms with E-state index in [2.05, 4.69) is 4.98 Å². The molecule has 0 spiro atoms. The molecule has 1 aromatic heterocycles. The lowest BCUT2D eigenvalue weighted by Gasteiger charge is -2.20. The minimum Gasteiger partial charge on any atom is -0.395 e. The molecule has 0 bridgehead atoms. The molecule has 15 heavy (non-hydrogen) atoms. The van der Waals surface area contributed by atoms with Crippen LogP contribution in [0.1, 0.15) is 6.92 Å². The summed E-state index contributed by atoms with van der Waals surface area (Å²) in [6, 6.07) is 0. The smallest absolute Gasteiger partial charge is 0.395 e. The van der Waals surface area contributed by atoms with Crippen molar-refractivity contribution in [3.05, 3.63) is 16.4 Å². The van der Waals surface area contributed by atoms with Crippen molar-refractivity contribution in [3.63, 3.8) is 0 Å². The summed E-state index contributed by atoms with van der Waals surface area (Å²) in [5.41, 5.74) is 0. The van der Waals surface area contributed by atoms with Crippen molar-refractivity contribution in [1.82, 2.24) is 9.55 Å². The molecule has 7 nitrogen and oxygen atoms in total. The number of nitrogens with zero attached hydrogens (tertiary/aromatic N) is 4. The van der Waals surface area contributed by atoms with Gasteiger partial charge >= 0.3 is 5.82 Å². The zero-order valence-corrected chi connectivity index (χ0v) is 8.75. The van der Waals surface area contributed by atoms with Gasteiger partial charge in [-0.3, -0.25) is 4.57 Å². The van der Waals surface area contributed by atoms with Crippen molar-refractivity contribution in [2.45, 2.75) is 6.92 Å². The highest BCUT2D eigenvalue weighted by molar-refractivity contribution is 5.54. The van der Waals surface area contributed by atoms with E-state index in [-0.39, 0.29) is 12.4 Å². The SMILES string of the molecule is CCN(CCO)c1c([N+](=O)[O-])ncn1C. The fraction of sp³-hybridized carbons (Fsp3) is 0.625. The van der Waals surface area contributed by atoms with Crippen LogP contribution >= 0.6 is 0 Å². The van der Waals surface area contributed by atoms with E-state index < -0.39 is 4.92 Å². The van der Waals surface area contributed by atoms with Gasteiger partial charge < -0.3 is 20.1 Å². The first-order valence-corrected chi connectivity index (χ1v) is 4.63. The molecule has 0 fully saturated rings. The number of aliphatic hydroxyl groups excluding tert-OH is 1.